The number of anilines is 1. The molecule has 0 saturated carbocycles. The van der Waals surface area contributed by atoms with Gasteiger partial charge in [0, 0.05) is 24.2 Å². The number of pyridine rings is 1. The highest BCUT2D eigenvalue weighted by atomic mass is 16.3. The first-order valence-electron chi connectivity index (χ1n) is 6.87. The number of hydrogen-bond acceptors (Lipinski definition) is 4. The first-order valence-corrected chi connectivity index (χ1v) is 6.87. The molecule has 0 radical (unpaired) electrons. The minimum atomic E-state index is 0.00337. The van der Waals surface area contributed by atoms with Gasteiger partial charge < -0.3 is 15.5 Å². The number of aliphatic hydroxyl groups excluding tert-OH is 1. The quantitative estimate of drug-likeness (QED) is 0.801. The molecular formula is C16H22N2O2. The van der Waals surface area contributed by atoms with Crippen LogP contribution in [0.1, 0.15) is 27.2 Å². The molecule has 1 heterocycles. The molecule has 0 bridgehead atoms. The average molecular weight is 274 g/mol. The van der Waals surface area contributed by atoms with Crippen molar-refractivity contribution in [2.24, 2.45) is 5.41 Å². The van der Waals surface area contributed by atoms with Gasteiger partial charge in [0.15, 0.2) is 0 Å². The zero-order valence-corrected chi connectivity index (χ0v) is 12.2. The summed E-state index contributed by atoms with van der Waals surface area (Å²) in [6, 6.07) is 7.27. The van der Waals surface area contributed by atoms with Crippen LogP contribution in [0.5, 0.6) is 5.75 Å². The number of nitrogens with zero attached hydrogens (tertiary/aromatic N) is 1. The first-order chi connectivity index (χ1) is 9.41. The molecule has 0 aliphatic heterocycles. The highest BCUT2D eigenvalue weighted by Crippen LogP contribution is 2.29. The van der Waals surface area contributed by atoms with Crippen molar-refractivity contribution >= 4 is 16.6 Å². The summed E-state index contributed by atoms with van der Waals surface area (Å²) in [5, 5.41) is 24.2. The van der Waals surface area contributed by atoms with E-state index in [1.165, 1.54) is 0 Å². The molecule has 2 aromatic rings. The van der Waals surface area contributed by atoms with Gasteiger partial charge in [-0.2, -0.15) is 0 Å². The Kier molecular flexibility index (Phi) is 4.14. The third-order valence-corrected chi connectivity index (χ3v) is 3.52. The molecule has 1 aromatic heterocycles. The largest absolute Gasteiger partial charge is 0.508 e. The highest BCUT2D eigenvalue weighted by molar-refractivity contribution is 5.92. The standard InChI is InChI=1S/C16H22N2O2/c1-16(2,3)14(7-9-19)18-15-13-10-12(20)5-4-11(13)6-8-17-15/h4-6,8,10,14,19-20H,7,9H2,1-3H3,(H,17,18). The molecule has 108 valence electrons. The molecular weight excluding hydrogens is 252 g/mol. The summed E-state index contributed by atoms with van der Waals surface area (Å²) in [7, 11) is 0. The van der Waals surface area contributed by atoms with Crippen LogP contribution < -0.4 is 5.32 Å². The van der Waals surface area contributed by atoms with Gasteiger partial charge in [-0.25, -0.2) is 4.98 Å². The lowest BCUT2D eigenvalue weighted by Gasteiger charge is -2.32. The molecule has 4 heteroatoms. The second kappa shape index (κ2) is 5.67. The van der Waals surface area contributed by atoms with E-state index in [0.717, 1.165) is 16.6 Å². The Balaban J connectivity index is 2.39. The van der Waals surface area contributed by atoms with E-state index < -0.39 is 0 Å². The van der Waals surface area contributed by atoms with E-state index in [1.807, 2.05) is 12.1 Å². The second-order valence-corrected chi connectivity index (χ2v) is 6.14. The van der Waals surface area contributed by atoms with Gasteiger partial charge in [-0.05, 0) is 35.4 Å². The zero-order valence-electron chi connectivity index (χ0n) is 12.2. The van der Waals surface area contributed by atoms with Crippen LogP contribution in [0.3, 0.4) is 0 Å². The molecule has 0 fully saturated rings. The normalized spacial score (nSPS) is 13.4. The maximum absolute atomic E-state index is 9.66. The van der Waals surface area contributed by atoms with Crippen LogP contribution in [0.4, 0.5) is 5.82 Å². The Morgan fingerprint density at radius 1 is 1.25 bits per heavy atom. The van der Waals surface area contributed by atoms with Gasteiger partial charge in [-0.1, -0.05) is 26.8 Å². The fraction of sp³-hybridized carbons (Fsp3) is 0.438. The van der Waals surface area contributed by atoms with Gasteiger partial charge in [0.2, 0.25) is 0 Å². The Morgan fingerprint density at radius 2 is 2.00 bits per heavy atom. The van der Waals surface area contributed by atoms with Crippen LogP contribution in [0.2, 0.25) is 0 Å². The van der Waals surface area contributed by atoms with Crippen LogP contribution in [0, 0.1) is 5.41 Å². The predicted octanol–water partition coefficient (Wildman–Crippen LogP) is 3.15. The summed E-state index contributed by atoms with van der Waals surface area (Å²) in [6.45, 7) is 6.51. The molecule has 0 spiro atoms. The average Bonchev–Trinajstić information content (AvgIpc) is 2.37. The number of phenols is 1. The lowest BCUT2D eigenvalue weighted by Crippen LogP contribution is -2.35. The molecule has 0 aliphatic carbocycles. The lowest BCUT2D eigenvalue weighted by atomic mass is 9.85. The smallest absolute Gasteiger partial charge is 0.134 e. The molecule has 1 atom stereocenters. The van der Waals surface area contributed by atoms with Gasteiger partial charge >= 0.3 is 0 Å². The fourth-order valence-electron chi connectivity index (χ4n) is 2.29. The van der Waals surface area contributed by atoms with Gasteiger partial charge in [-0.15, -0.1) is 0 Å². The van der Waals surface area contributed by atoms with Crippen molar-refractivity contribution in [2.45, 2.75) is 33.2 Å². The number of rotatable bonds is 4. The van der Waals surface area contributed by atoms with Crippen LogP contribution in [0.25, 0.3) is 10.8 Å². The Bertz CT molecular complexity index is 591. The van der Waals surface area contributed by atoms with E-state index in [2.05, 4.69) is 31.1 Å². The molecule has 0 aliphatic rings. The van der Waals surface area contributed by atoms with Gasteiger partial charge in [0.25, 0.3) is 0 Å². The van der Waals surface area contributed by atoms with Crippen molar-refractivity contribution in [3.05, 3.63) is 30.5 Å². The molecule has 4 nitrogen and oxygen atoms in total. The summed E-state index contributed by atoms with van der Waals surface area (Å²) in [5.41, 5.74) is 0.00337. The minimum Gasteiger partial charge on any atom is -0.508 e. The summed E-state index contributed by atoms with van der Waals surface area (Å²) in [5.74, 6) is 0.967. The monoisotopic (exact) mass is 274 g/mol. The number of fused-ring (bicyclic) bond motifs is 1. The third-order valence-electron chi connectivity index (χ3n) is 3.52. The molecule has 1 aromatic carbocycles. The minimum absolute atomic E-state index is 0.00337. The van der Waals surface area contributed by atoms with Gasteiger partial charge in [0.1, 0.15) is 11.6 Å². The molecule has 0 amide bonds. The van der Waals surface area contributed by atoms with E-state index >= 15 is 0 Å². The van der Waals surface area contributed by atoms with E-state index in [1.54, 1.807) is 18.3 Å². The SMILES string of the molecule is CC(C)(C)C(CCO)Nc1nccc2ccc(O)cc12. The Morgan fingerprint density at radius 3 is 2.65 bits per heavy atom. The number of aromatic nitrogens is 1. The zero-order chi connectivity index (χ0) is 14.8. The second-order valence-electron chi connectivity index (χ2n) is 6.14. The number of phenolic OH excluding ortho intramolecular Hbond substituents is 1. The number of aliphatic hydroxyl groups is 1. The molecule has 20 heavy (non-hydrogen) atoms. The maximum atomic E-state index is 9.66. The van der Waals surface area contributed by atoms with Crippen molar-refractivity contribution < 1.29 is 10.2 Å². The number of benzene rings is 1. The van der Waals surface area contributed by atoms with Crippen molar-refractivity contribution in [1.29, 1.82) is 0 Å². The third kappa shape index (κ3) is 3.20. The first kappa shape index (κ1) is 14.6. The summed E-state index contributed by atoms with van der Waals surface area (Å²) < 4.78 is 0. The lowest BCUT2D eigenvalue weighted by molar-refractivity contribution is 0.235. The summed E-state index contributed by atoms with van der Waals surface area (Å²) in [4.78, 5) is 4.38. The van der Waals surface area contributed by atoms with Gasteiger partial charge in [-0.3, -0.25) is 0 Å². The van der Waals surface area contributed by atoms with Gasteiger partial charge in [0.05, 0.1) is 0 Å². The van der Waals surface area contributed by atoms with Crippen molar-refractivity contribution in [2.75, 3.05) is 11.9 Å². The topological polar surface area (TPSA) is 65.4 Å². The van der Waals surface area contributed by atoms with Crippen molar-refractivity contribution in [3.8, 4) is 5.75 Å². The molecule has 3 N–H and O–H groups in total. The number of nitrogens with one attached hydrogen (secondary N) is 1. The van der Waals surface area contributed by atoms with Crippen molar-refractivity contribution in [3.63, 3.8) is 0 Å². The predicted molar refractivity (Wildman–Crippen MR) is 82.0 cm³/mol. The van der Waals surface area contributed by atoms with Crippen LogP contribution in [-0.4, -0.2) is 27.8 Å². The summed E-state index contributed by atoms with van der Waals surface area (Å²) >= 11 is 0. The highest BCUT2D eigenvalue weighted by Gasteiger charge is 2.24. The number of hydrogen-bond donors (Lipinski definition) is 3. The molecule has 2 rings (SSSR count). The van der Waals surface area contributed by atoms with Crippen LogP contribution >= 0.6 is 0 Å². The van der Waals surface area contributed by atoms with E-state index in [-0.39, 0.29) is 23.8 Å². The van der Waals surface area contributed by atoms with E-state index in [9.17, 15) is 10.2 Å². The maximum Gasteiger partial charge on any atom is 0.134 e. The molecule has 1 unspecified atom stereocenters. The number of aromatic hydroxyl groups is 1. The molecule has 0 saturated heterocycles. The van der Waals surface area contributed by atoms with Crippen molar-refractivity contribution in [1.82, 2.24) is 4.98 Å². The Hall–Kier alpha value is -1.81. The van der Waals surface area contributed by atoms with Crippen LogP contribution in [0.15, 0.2) is 30.5 Å². The fourth-order valence-corrected chi connectivity index (χ4v) is 2.29. The Labute approximate surface area is 119 Å². The van der Waals surface area contributed by atoms with Crippen LogP contribution in [-0.2, 0) is 0 Å². The summed E-state index contributed by atoms with van der Waals surface area (Å²) in [6.07, 6.45) is 2.40. The van der Waals surface area contributed by atoms with E-state index in [0.29, 0.717) is 6.42 Å². The van der Waals surface area contributed by atoms with E-state index in [4.69, 9.17) is 0 Å².